The van der Waals surface area contributed by atoms with Gasteiger partial charge in [0.25, 0.3) is 0 Å². The number of nitrogens with zero attached hydrogens (tertiary/aromatic N) is 1. The Morgan fingerprint density at radius 3 is 2.55 bits per heavy atom. The number of ether oxygens (including phenoxy) is 2. The second-order valence-corrected chi connectivity index (χ2v) is 4.69. The lowest BCUT2D eigenvalue weighted by molar-refractivity contribution is 0.229. The first-order valence-electron chi connectivity index (χ1n) is 7.22. The second kappa shape index (κ2) is 8.44. The summed E-state index contributed by atoms with van der Waals surface area (Å²) in [5.74, 6) is 1.34. The zero-order valence-corrected chi connectivity index (χ0v) is 12.6. The van der Waals surface area contributed by atoms with Crippen molar-refractivity contribution in [3.8, 4) is 17.6 Å². The molecule has 4 nitrogen and oxygen atoms in total. The van der Waals surface area contributed by atoms with Crippen molar-refractivity contribution >= 4 is 0 Å². The third kappa shape index (κ3) is 4.43. The van der Waals surface area contributed by atoms with Gasteiger partial charge in [0.1, 0.15) is 6.07 Å². The molecule has 2 atom stereocenters. The molecule has 0 bridgehead atoms. The van der Waals surface area contributed by atoms with E-state index in [1.54, 1.807) is 0 Å². The van der Waals surface area contributed by atoms with Crippen LogP contribution in [0.3, 0.4) is 0 Å². The minimum atomic E-state index is -0.465. The average molecular weight is 276 g/mol. The summed E-state index contributed by atoms with van der Waals surface area (Å²) in [6.45, 7) is 6.47. The molecule has 0 aromatic heterocycles. The molecule has 0 aliphatic heterocycles. The maximum absolute atomic E-state index is 9.09. The van der Waals surface area contributed by atoms with Crippen molar-refractivity contribution < 1.29 is 9.47 Å². The van der Waals surface area contributed by atoms with Crippen LogP contribution in [0.1, 0.15) is 39.2 Å². The Balaban J connectivity index is 3.08. The molecule has 0 amide bonds. The molecule has 110 valence electrons. The molecule has 0 fully saturated rings. The summed E-state index contributed by atoms with van der Waals surface area (Å²) >= 11 is 0. The molecule has 0 aliphatic carbocycles. The summed E-state index contributed by atoms with van der Waals surface area (Å²) in [5, 5.41) is 9.09. The highest BCUT2D eigenvalue weighted by atomic mass is 16.5. The van der Waals surface area contributed by atoms with E-state index in [2.05, 4.69) is 13.0 Å². The lowest BCUT2D eigenvalue weighted by Crippen LogP contribution is -2.22. The molecule has 20 heavy (non-hydrogen) atoms. The van der Waals surface area contributed by atoms with Crippen LogP contribution in [-0.2, 0) is 6.42 Å². The number of nitrogens with two attached hydrogens (primary N) is 1. The first-order chi connectivity index (χ1) is 9.65. The van der Waals surface area contributed by atoms with E-state index in [0.29, 0.717) is 30.9 Å². The van der Waals surface area contributed by atoms with Gasteiger partial charge in [0.2, 0.25) is 0 Å². The van der Waals surface area contributed by atoms with Gasteiger partial charge in [-0.05, 0) is 37.8 Å². The topological polar surface area (TPSA) is 68.3 Å². The molecule has 2 N–H and O–H groups in total. The molecule has 0 saturated carbocycles. The summed E-state index contributed by atoms with van der Waals surface area (Å²) in [6.07, 6.45) is 1.78. The minimum absolute atomic E-state index is 0.0800. The third-order valence-corrected chi connectivity index (χ3v) is 3.14. The van der Waals surface area contributed by atoms with Crippen LogP contribution in [0, 0.1) is 11.3 Å². The quantitative estimate of drug-likeness (QED) is 0.792. The van der Waals surface area contributed by atoms with Crippen LogP contribution in [-0.4, -0.2) is 18.8 Å². The first-order valence-corrected chi connectivity index (χ1v) is 7.22. The van der Waals surface area contributed by atoms with E-state index in [0.717, 1.165) is 12.0 Å². The minimum Gasteiger partial charge on any atom is -0.490 e. The van der Waals surface area contributed by atoms with Gasteiger partial charge in [-0.1, -0.05) is 26.0 Å². The molecular formula is C16H24N2O2. The van der Waals surface area contributed by atoms with Gasteiger partial charge < -0.3 is 15.2 Å². The predicted molar refractivity (Wildman–Crippen MR) is 79.9 cm³/mol. The third-order valence-electron chi connectivity index (χ3n) is 3.14. The van der Waals surface area contributed by atoms with Gasteiger partial charge in [-0.15, -0.1) is 0 Å². The monoisotopic (exact) mass is 276 g/mol. The predicted octanol–water partition coefficient (Wildman–Crippen LogP) is 3.05. The average Bonchev–Trinajstić information content (AvgIpc) is 2.47. The van der Waals surface area contributed by atoms with E-state index >= 15 is 0 Å². The van der Waals surface area contributed by atoms with Crippen molar-refractivity contribution in [3.63, 3.8) is 0 Å². The number of hydrogen-bond acceptors (Lipinski definition) is 4. The summed E-state index contributed by atoms with van der Waals surface area (Å²) < 4.78 is 11.4. The number of benzene rings is 1. The maximum Gasteiger partial charge on any atom is 0.184 e. The highest BCUT2D eigenvalue weighted by Gasteiger charge is 2.17. The Bertz CT molecular complexity index is 454. The van der Waals surface area contributed by atoms with Crippen LogP contribution in [0.25, 0.3) is 0 Å². The molecule has 1 rings (SSSR count). The van der Waals surface area contributed by atoms with Crippen molar-refractivity contribution in [2.45, 2.75) is 52.2 Å². The van der Waals surface area contributed by atoms with Crippen molar-refractivity contribution in [1.29, 1.82) is 5.26 Å². The first kappa shape index (κ1) is 16.3. The van der Waals surface area contributed by atoms with E-state index in [1.165, 1.54) is 0 Å². The Hall–Kier alpha value is -1.73. The van der Waals surface area contributed by atoms with Gasteiger partial charge in [-0.25, -0.2) is 0 Å². The Kier molecular flexibility index (Phi) is 6.89. The van der Waals surface area contributed by atoms with Crippen LogP contribution < -0.4 is 15.2 Å². The van der Waals surface area contributed by atoms with Gasteiger partial charge in [-0.3, -0.25) is 0 Å². The molecular weight excluding hydrogens is 252 g/mol. The molecule has 0 saturated heterocycles. The summed E-state index contributed by atoms with van der Waals surface area (Å²) in [5.41, 5.74) is 7.03. The van der Waals surface area contributed by atoms with Gasteiger partial charge in [-0.2, -0.15) is 5.26 Å². The SMILES string of the molecule is CCOc1cccc(CC(N)CC)c1OC(C#N)CC. The van der Waals surface area contributed by atoms with Crippen molar-refractivity contribution in [1.82, 2.24) is 0 Å². The summed E-state index contributed by atoms with van der Waals surface area (Å²) in [6, 6.07) is 8.02. The number of rotatable bonds is 8. The van der Waals surface area contributed by atoms with Crippen LogP contribution in [0.15, 0.2) is 18.2 Å². The molecule has 1 aromatic carbocycles. The molecule has 0 spiro atoms. The fourth-order valence-electron chi connectivity index (χ4n) is 1.89. The number of nitriles is 1. The molecule has 1 aromatic rings. The fraction of sp³-hybridized carbons (Fsp3) is 0.562. The van der Waals surface area contributed by atoms with Crippen LogP contribution in [0.5, 0.6) is 11.5 Å². The Labute approximate surface area is 121 Å². The normalized spacial score (nSPS) is 13.3. The van der Waals surface area contributed by atoms with Gasteiger partial charge in [0, 0.05) is 6.04 Å². The molecule has 4 heteroatoms. The van der Waals surface area contributed by atoms with Gasteiger partial charge in [0.05, 0.1) is 6.61 Å². The molecule has 0 aliphatic rings. The van der Waals surface area contributed by atoms with E-state index in [4.69, 9.17) is 20.5 Å². The van der Waals surface area contributed by atoms with E-state index in [9.17, 15) is 0 Å². The molecule has 0 heterocycles. The van der Waals surface area contributed by atoms with Crippen molar-refractivity contribution in [2.75, 3.05) is 6.61 Å². The zero-order chi connectivity index (χ0) is 15.0. The van der Waals surface area contributed by atoms with Crippen molar-refractivity contribution in [3.05, 3.63) is 23.8 Å². The highest BCUT2D eigenvalue weighted by molar-refractivity contribution is 5.47. The smallest absolute Gasteiger partial charge is 0.184 e. The zero-order valence-electron chi connectivity index (χ0n) is 12.6. The largest absolute Gasteiger partial charge is 0.490 e. The van der Waals surface area contributed by atoms with Crippen LogP contribution in [0.4, 0.5) is 0 Å². The molecule has 0 radical (unpaired) electrons. The van der Waals surface area contributed by atoms with E-state index < -0.39 is 6.10 Å². The summed E-state index contributed by atoms with van der Waals surface area (Å²) in [4.78, 5) is 0. The fourth-order valence-corrected chi connectivity index (χ4v) is 1.89. The number of para-hydroxylation sites is 1. The maximum atomic E-state index is 9.09. The van der Waals surface area contributed by atoms with E-state index in [-0.39, 0.29) is 6.04 Å². The second-order valence-electron chi connectivity index (χ2n) is 4.69. The number of hydrogen-bond donors (Lipinski definition) is 1. The molecule has 2 unspecified atom stereocenters. The van der Waals surface area contributed by atoms with Crippen molar-refractivity contribution in [2.24, 2.45) is 5.73 Å². The summed E-state index contributed by atoms with van der Waals surface area (Å²) in [7, 11) is 0. The van der Waals surface area contributed by atoms with Gasteiger partial charge >= 0.3 is 0 Å². The van der Waals surface area contributed by atoms with Crippen LogP contribution >= 0.6 is 0 Å². The lowest BCUT2D eigenvalue weighted by Gasteiger charge is -2.19. The lowest BCUT2D eigenvalue weighted by atomic mass is 10.0. The highest BCUT2D eigenvalue weighted by Crippen LogP contribution is 2.33. The Morgan fingerprint density at radius 1 is 1.25 bits per heavy atom. The standard InChI is InChI=1S/C16H24N2O2/c1-4-13(18)10-12-8-7-9-15(19-6-3)16(12)20-14(5-2)11-17/h7-9,13-14H,4-6,10,18H2,1-3H3. The van der Waals surface area contributed by atoms with Crippen LogP contribution in [0.2, 0.25) is 0 Å². The van der Waals surface area contributed by atoms with Gasteiger partial charge in [0.15, 0.2) is 17.6 Å². The Morgan fingerprint density at radius 2 is 2.00 bits per heavy atom. The van der Waals surface area contributed by atoms with E-state index in [1.807, 2.05) is 32.0 Å².